The van der Waals surface area contributed by atoms with Crippen LogP contribution in [0.15, 0.2) is 51.8 Å². The Balaban J connectivity index is 2.32. The molecule has 0 spiro atoms. The highest BCUT2D eigenvalue weighted by atomic mass is 127. The molecule has 0 saturated carbocycles. The second-order valence-corrected chi connectivity index (χ2v) is 7.58. The number of hydrogen-bond donors (Lipinski definition) is 2. The van der Waals surface area contributed by atoms with Crippen LogP contribution in [0.2, 0.25) is 0 Å². The Morgan fingerprint density at radius 2 is 1.74 bits per heavy atom. The molecule has 7 heteroatoms. The molecule has 0 fully saturated rings. The van der Waals surface area contributed by atoms with Crippen LogP contribution in [0.3, 0.4) is 0 Å². The predicted octanol–water partition coefficient (Wildman–Crippen LogP) is 3.44. The van der Waals surface area contributed by atoms with Crippen LogP contribution in [0.5, 0.6) is 0 Å². The third-order valence-corrected chi connectivity index (χ3v) is 5.19. The normalized spacial score (nSPS) is 11.3. The molecule has 19 heavy (non-hydrogen) atoms. The van der Waals surface area contributed by atoms with Gasteiger partial charge in [-0.25, -0.2) is 8.42 Å². The highest BCUT2D eigenvalue weighted by Crippen LogP contribution is 2.24. The minimum Gasteiger partial charge on any atom is -0.398 e. The van der Waals surface area contributed by atoms with E-state index in [4.69, 9.17) is 5.73 Å². The Bertz CT molecular complexity index is 702. The molecule has 0 heterocycles. The van der Waals surface area contributed by atoms with Gasteiger partial charge in [0.25, 0.3) is 10.0 Å². The van der Waals surface area contributed by atoms with Crippen LogP contribution < -0.4 is 10.5 Å². The zero-order chi connectivity index (χ0) is 14.0. The zero-order valence-corrected chi connectivity index (χ0v) is 14.2. The van der Waals surface area contributed by atoms with Gasteiger partial charge in [-0.2, -0.15) is 0 Å². The first-order valence-corrected chi connectivity index (χ1v) is 8.57. The Morgan fingerprint density at radius 1 is 1.11 bits per heavy atom. The molecule has 3 N–H and O–H groups in total. The average molecular weight is 453 g/mol. The maximum Gasteiger partial charge on any atom is 0.261 e. The minimum atomic E-state index is -3.62. The fraction of sp³-hybridized carbons (Fsp3) is 0. The Labute approximate surface area is 133 Å². The molecule has 0 aliphatic carbocycles. The van der Waals surface area contributed by atoms with Crippen LogP contribution in [-0.4, -0.2) is 8.42 Å². The lowest BCUT2D eigenvalue weighted by atomic mass is 10.3. The molecule has 0 aliphatic heterocycles. The van der Waals surface area contributed by atoms with E-state index in [1.54, 1.807) is 18.2 Å². The first-order valence-electron chi connectivity index (χ1n) is 5.22. The van der Waals surface area contributed by atoms with Crippen molar-refractivity contribution >= 4 is 59.9 Å². The fourth-order valence-corrected chi connectivity index (χ4v) is 3.12. The number of rotatable bonds is 3. The van der Waals surface area contributed by atoms with E-state index in [1.807, 2.05) is 12.1 Å². The Morgan fingerprint density at radius 3 is 2.32 bits per heavy atom. The van der Waals surface area contributed by atoms with Crippen molar-refractivity contribution in [1.82, 2.24) is 0 Å². The molecule has 0 aromatic heterocycles. The van der Waals surface area contributed by atoms with Crippen molar-refractivity contribution in [3.8, 4) is 0 Å². The summed E-state index contributed by atoms with van der Waals surface area (Å²) in [6.45, 7) is 0. The number of nitrogens with two attached hydrogens (primary N) is 1. The summed E-state index contributed by atoms with van der Waals surface area (Å²) in [6.07, 6.45) is 0. The number of hydrogen-bond acceptors (Lipinski definition) is 3. The van der Waals surface area contributed by atoms with Gasteiger partial charge in [0.15, 0.2) is 0 Å². The number of benzene rings is 2. The van der Waals surface area contributed by atoms with E-state index in [2.05, 4.69) is 43.2 Å². The van der Waals surface area contributed by atoms with E-state index < -0.39 is 10.0 Å². The average Bonchev–Trinajstić information content (AvgIpc) is 2.35. The number of nitrogen functional groups attached to an aromatic ring is 1. The van der Waals surface area contributed by atoms with Crippen molar-refractivity contribution in [2.75, 3.05) is 10.5 Å². The lowest BCUT2D eigenvalue weighted by molar-refractivity contribution is 0.601. The first-order chi connectivity index (χ1) is 8.88. The molecule has 0 atom stereocenters. The fourth-order valence-electron chi connectivity index (χ4n) is 1.42. The molecular formula is C12H10BrIN2O2S. The van der Waals surface area contributed by atoms with Gasteiger partial charge in [-0.15, -0.1) is 0 Å². The SMILES string of the molecule is Nc1cc(S(=O)(=O)Nc2ccc(I)cc2)ccc1Br. The van der Waals surface area contributed by atoms with Crippen molar-refractivity contribution in [1.29, 1.82) is 0 Å². The molecule has 0 unspecified atom stereocenters. The van der Waals surface area contributed by atoms with Gasteiger partial charge in [-0.1, -0.05) is 0 Å². The molecular weight excluding hydrogens is 443 g/mol. The minimum absolute atomic E-state index is 0.131. The lowest BCUT2D eigenvalue weighted by Gasteiger charge is -2.09. The number of halogens is 2. The molecule has 100 valence electrons. The second kappa shape index (κ2) is 5.68. The summed E-state index contributed by atoms with van der Waals surface area (Å²) in [6, 6.07) is 11.6. The van der Waals surface area contributed by atoms with Crippen molar-refractivity contribution in [3.05, 3.63) is 50.5 Å². The quantitative estimate of drug-likeness (QED) is 0.553. The molecule has 2 aromatic carbocycles. The van der Waals surface area contributed by atoms with Crippen LogP contribution in [0.1, 0.15) is 0 Å². The maximum atomic E-state index is 12.2. The number of nitrogens with one attached hydrogen (secondary N) is 1. The highest BCUT2D eigenvalue weighted by molar-refractivity contribution is 14.1. The lowest BCUT2D eigenvalue weighted by Crippen LogP contribution is -2.13. The third-order valence-electron chi connectivity index (χ3n) is 2.37. The van der Waals surface area contributed by atoms with Crippen molar-refractivity contribution in [3.63, 3.8) is 0 Å². The molecule has 0 amide bonds. The summed E-state index contributed by atoms with van der Waals surface area (Å²) in [4.78, 5) is 0.131. The Hall–Kier alpha value is -0.800. The summed E-state index contributed by atoms with van der Waals surface area (Å²) in [5.74, 6) is 0. The summed E-state index contributed by atoms with van der Waals surface area (Å²) in [5, 5.41) is 0. The molecule has 0 saturated heterocycles. The van der Waals surface area contributed by atoms with Crippen LogP contribution in [0, 0.1) is 3.57 Å². The molecule has 0 radical (unpaired) electrons. The molecule has 2 aromatic rings. The van der Waals surface area contributed by atoms with Crippen LogP contribution >= 0.6 is 38.5 Å². The van der Waals surface area contributed by atoms with Gasteiger partial charge in [0, 0.05) is 19.4 Å². The van der Waals surface area contributed by atoms with Gasteiger partial charge in [0.2, 0.25) is 0 Å². The van der Waals surface area contributed by atoms with Crippen molar-refractivity contribution in [2.24, 2.45) is 0 Å². The van der Waals surface area contributed by atoms with E-state index in [0.717, 1.165) is 3.57 Å². The van der Waals surface area contributed by atoms with Gasteiger partial charge < -0.3 is 5.73 Å². The topological polar surface area (TPSA) is 72.2 Å². The molecule has 2 rings (SSSR count). The molecule has 4 nitrogen and oxygen atoms in total. The maximum absolute atomic E-state index is 12.2. The molecule has 0 aliphatic rings. The van der Waals surface area contributed by atoms with Gasteiger partial charge in [0.1, 0.15) is 0 Å². The van der Waals surface area contributed by atoms with Crippen LogP contribution in [0.4, 0.5) is 11.4 Å². The van der Waals surface area contributed by atoms with E-state index in [9.17, 15) is 8.42 Å². The van der Waals surface area contributed by atoms with Crippen molar-refractivity contribution < 1.29 is 8.42 Å². The van der Waals surface area contributed by atoms with Crippen LogP contribution in [-0.2, 0) is 10.0 Å². The van der Waals surface area contributed by atoms with Gasteiger partial charge in [0.05, 0.1) is 4.90 Å². The van der Waals surface area contributed by atoms with Crippen molar-refractivity contribution in [2.45, 2.75) is 4.90 Å². The van der Waals surface area contributed by atoms with E-state index in [1.165, 1.54) is 12.1 Å². The smallest absolute Gasteiger partial charge is 0.261 e. The monoisotopic (exact) mass is 452 g/mol. The van der Waals surface area contributed by atoms with Gasteiger partial charge >= 0.3 is 0 Å². The van der Waals surface area contributed by atoms with E-state index in [-0.39, 0.29) is 4.90 Å². The summed E-state index contributed by atoms with van der Waals surface area (Å²) in [7, 11) is -3.62. The number of anilines is 2. The standard InChI is InChI=1S/C12H10BrIN2O2S/c13-11-6-5-10(7-12(11)15)19(17,18)16-9-3-1-8(14)2-4-9/h1-7,16H,15H2. The second-order valence-electron chi connectivity index (χ2n) is 3.80. The zero-order valence-electron chi connectivity index (χ0n) is 9.60. The summed E-state index contributed by atoms with van der Waals surface area (Å²) >= 11 is 5.38. The van der Waals surface area contributed by atoms with Crippen LogP contribution in [0.25, 0.3) is 0 Å². The number of sulfonamides is 1. The largest absolute Gasteiger partial charge is 0.398 e. The summed E-state index contributed by atoms with van der Waals surface area (Å²) < 4.78 is 28.5. The van der Waals surface area contributed by atoms with Gasteiger partial charge in [-0.05, 0) is 81.0 Å². The first kappa shape index (κ1) is 14.6. The third kappa shape index (κ3) is 3.61. The highest BCUT2D eigenvalue weighted by Gasteiger charge is 2.15. The Kier molecular flexibility index (Phi) is 4.36. The van der Waals surface area contributed by atoms with E-state index in [0.29, 0.717) is 15.8 Å². The van der Waals surface area contributed by atoms with E-state index >= 15 is 0 Å². The molecule has 0 bridgehead atoms. The predicted molar refractivity (Wildman–Crippen MR) is 88.5 cm³/mol. The van der Waals surface area contributed by atoms with Gasteiger partial charge in [-0.3, -0.25) is 4.72 Å². The summed E-state index contributed by atoms with van der Waals surface area (Å²) in [5.41, 5.74) is 6.59.